The molecule has 1 aliphatic rings. The van der Waals surface area contributed by atoms with Crippen LogP contribution in [-0.4, -0.2) is 33.0 Å². The lowest BCUT2D eigenvalue weighted by Crippen LogP contribution is -2.39. The van der Waals surface area contributed by atoms with E-state index in [0.717, 1.165) is 12.8 Å². The van der Waals surface area contributed by atoms with E-state index in [4.69, 9.17) is 5.11 Å². The first-order valence-electron chi connectivity index (χ1n) is 6.67. The van der Waals surface area contributed by atoms with Crippen LogP contribution in [0.1, 0.15) is 60.0 Å². The molecule has 104 valence electrons. The lowest BCUT2D eigenvalue weighted by atomic mass is 9.84. The number of nitrogens with zero attached hydrogens (tertiary/aromatic N) is 1. The topological polar surface area (TPSA) is 95.1 Å². The molecule has 3 N–H and O–H groups in total. The number of nitrogens with one attached hydrogen (secondary N) is 2. The minimum absolute atomic E-state index is 0.0461. The fraction of sp³-hybridized carbons (Fsp3) is 0.615. The van der Waals surface area contributed by atoms with Gasteiger partial charge in [-0.3, -0.25) is 4.79 Å². The number of carbonyl (C=O) groups excluding carboxylic acids is 1. The molecule has 1 atom stereocenters. The number of rotatable bonds is 4. The number of carbonyl (C=O) groups is 2. The molecule has 1 saturated carbocycles. The number of aromatic carboxylic acids is 1. The van der Waals surface area contributed by atoms with Crippen LogP contribution >= 0.6 is 0 Å². The highest BCUT2D eigenvalue weighted by atomic mass is 16.4. The summed E-state index contributed by atoms with van der Waals surface area (Å²) in [5.41, 5.74) is -0.205. The molecule has 0 bridgehead atoms. The molecule has 1 heterocycles. The maximum absolute atomic E-state index is 12.0. The van der Waals surface area contributed by atoms with E-state index in [0.29, 0.717) is 5.92 Å². The maximum atomic E-state index is 12.0. The van der Waals surface area contributed by atoms with Crippen molar-refractivity contribution in [2.45, 2.75) is 45.1 Å². The molecule has 0 spiro atoms. The summed E-state index contributed by atoms with van der Waals surface area (Å²) in [6.07, 6.45) is 7.13. The third-order valence-electron chi connectivity index (χ3n) is 3.78. The van der Waals surface area contributed by atoms with E-state index in [1.807, 2.05) is 6.92 Å². The minimum Gasteiger partial charge on any atom is -0.477 e. The smallest absolute Gasteiger partial charge is 0.354 e. The molecule has 0 aromatic carbocycles. The summed E-state index contributed by atoms with van der Waals surface area (Å²) in [5, 5.41) is 11.8. The number of aromatic nitrogens is 2. The predicted octanol–water partition coefficient (Wildman–Crippen LogP) is 1.81. The number of carboxylic acid groups (broad SMARTS) is 1. The van der Waals surface area contributed by atoms with Gasteiger partial charge in [-0.2, -0.15) is 0 Å². The van der Waals surface area contributed by atoms with Gasteiger partial charge in [0.15, 0.2) is 11.4 Å². The third kappa shape index (κ3) is 3.13. The molecular formula is C13H19N3O3. The summed E-state index contributed by atoms with van der Waals surface area (Å²) in [7, 11) is 0. The van der Waals surface area contributed by atoms with Crippen molar-refractivity contribution < 1.29 is 14.7 Å². The Morgan fingerprint density at radius 3 is 2.74 bits per heavy atom. The molecule has 1 aliphatic carbocycles. The van der Waals surface area contributed by atoms with Gasteiger partial charge in [0.25, 0.3) is 5.91 Å². The molecule has 1 aromatic heterocycles. The Labute approximate surface area is 111 Å². The van der Waals surface area contributed by atoms with E-state index >= 15 is 0 Å². The summed E-state index contributed by atoms with van der Waals surface area (Å²) in [6, 6.07) is 0.0474. The molecule has 0 radical (unpaired) electrons. The molecule has 1 aromatic rings. The highest BCUT2D eigenvalue weighted by Crippen LogP contribution is 2.26. The van der Waals surface area contributed by atoms with E-state index in [1.54, 1.807) is 0 Å². The monoisotopic (exact) mass is 265 g/mol. The van der Waals surface area contributed by atoms with Crippen LogP contribution in [0.25, 0.3) is 0 Å². The first-order valence-corrected chi connectivity index (χ1v) is 6.67. The largest absolute Gasteiger partial charge is 0.477 e. The van der Waals surface area contributed by atoms with E-state index < -0.39 is 11.9 Å². The van der Waals surface area contributed by atoms with Crippen LogP contribution in [0, 0.1) is 5.92 Å². The highest BCUT2D eigenvalue weighted by Gasteiger charge is 2.25. The summed E-state index contributed by atoms with van der Waals surface area (Å²) in [6.45, 7) is 1.97. The van der Waals surface area contributed by atoms with Gasteiger partial charge < -0.3 is 15.4 Å². The van der Waals surface area contributed by atoms with E-state index in [9.17, 15) is 9.59 Å². The molecule has 2 rings (SSSR count). The average molecular weight is 265 g/mol. The molecule has 0 saturated heterocycles. The SMILES string of the molecule is C[C@H](NC(=O)c1nc[nH]c1C(=O)O)C1CCCCC1. The summed E-state index contributed by atoms with van der Waals surface area (Å²) >= 11 is 0. The van der Waals surface area contributed by atoms with Gasteiger partial charge in [-0.05, 0) is 25.7 Å². The van der Waals surface area contributed by atoms with E-state index in [2.05, 4.69) is 15.3 Å². The normalized spacial score (nSPS) is 17.9. The Bertz CT molecular complexity index is 463. The Morgan fingerprint density at radius 2 is 2.11 bits per heavy atom. The van der Waals surface area contributed by atoms with Gasteiger partial charge in [0.1, 0.15) is 0 Å². The number of H-pyrrole nitrogens is 1. The fourth-order valence-corrected chi connectivity index (χ4v) is 2.66. The summed E-state index contributed by atoms with van der Waals surface area (Å²) in [4.78, 5) is 29.2. The number of hydrogen-bond acceptors (Lipinski definition) is 3. The summed E-state index contributed by atoms with van der Waals surface area (Å²) in [5.74, 6) is -1.12. The van der Waals surface area contributed by atoms with Crippen molar-refractivity contribution in [1.29, 1.82) is 0 Å². The molecule has 1 amide bonds. The Morgan fingerprint density at radius 1 is 1.42 bits per heavy atom. The van der Waals surface area contributed by atoms with Crippen LogP contribution in [0.3, 0.4) is 0 Å². The van der Waals surface area contributed by atoms with Crippen molar-refractivity contribution in [2.24, 2.45) is 5.92 Å². The average Bonchev–Trinajstić information content (AvgIpc) is 2.89. The van der Waals surface area contributed by atoms with E-state index in [1.165, 1.54) is 25.6 Å². The first kappa shape index (κ1) is 13.6. The molecule has 6 nitrogen and oxygen atoms in total. The zero-order valence-corrected chi connectivity index (χ0v) is 11.0. The van der Waals surface area contributed by atoms with E-state index in [-0.39, 0.29) is 17.4 Å². The van der Waals surface area contributed by atoms with Gasteiger partial charge in [-0.1, -0.05) is 19.3 Å². The second-order valence-corrected chi connectivity index (χ2v) is 5.09. The van der Waals surface area contributed by atoms with Gasteiger partial charge >= 0.3 is 5.97 Å². The van der Waals surface area contributed by atoms with Crippen LogP contribution < -0.4 is 5.32 Å². The highest BCUT2D eigenvalue weighted by molar-refractivity contribution is 6.02. The maximum Gasteiger partial charge on any atom is 0.354 e. The number of aromatic amines is 1. The van der Waals surface area contributed by atoms with Crippen molar-refractivity contribution in [1.82, 2.24) is 15.3 Å². The van der Waals surface area contributed by atoms with Crippen LogP contribution in [0.2, 0.25) is 0 Å². The molecule has 6 heteroatoms. The summed E-state index contributed by atoms with van der Waals surface area (Å²) < 4.78 is 0. The molecule has 0 unspecified atom stereocenters. The van der Waals surface area contributed by atoms with Gasteiger partial charge in [-0.25, -0.2) is 9.78 Å². The molecular weight excluding hydrogens is 246 g/mol. The number of carboxylic acids is 1. The lowest BCUT2D eigenvalue weighted by molar-refractivity contribution is 0.0684. The Balaban J connectivity index is 2.00. The second-order valence-electron chi connectivity index (χ2n) is 5.09. The van der Waals surface area contributed by atoms with Crippen molar-refractivity contribution in [3.8, 4) is 0 Å². The zero-order valence-electron chi connectivity index (χ0n) is 11.0. The minimum atomic E-state index is -1.17. The van der Waals surface area contributed by atoms with Gasteiger partial charge in [0, 0.05) is 6.04 Å². The Hall–Kier alpha value is -1.85. The third-order valence-corrected chi connectivity index (χ3v) is 3.78. The quantitative estimate of drug-likeness (QED) is 0.773. The van der Waals surface area contributed by atoms with Crippen LogP contribution in [0.15, 0.2) is 6.33 Å². The zero-order chi connectivity index (χ0) is 13.8. The van der Waals surface area contributed by atoms with Crippen molar-refractivity contribution in [2.75, 3.05) is 0 Å². The van der Waals surface area contributed by atoms with Crippen LogP contribution in [-0.2, 0) is 0 Å². The first-order chi connectivity index (χ1) is 9.09. The lowest BCUT2D eigenvalue weighted by Gasteiger charge is -2.28. The van der Waals surface area contributed by atoms with Crippen molar-refractivity contribution >= 4 is 11.9 Å². The van der Waals surface area contributed by atoms with Gasteiger partial charge in [0.05, 0.1) is 6.33 Å². The van der Waals surface area contributed by atoms with Crippen LogP contribution in [0.5, 0.6) is 0 Å². The van der Waals surface area contributed by atoms with Crippen LogP contribution in [0.4, 0.5) is 0 Å². The van der Waals surface area contributed by atoms with Crippen molar-refractivity contribution in [3.05, 3.63) is 17.7 Å². The number of imidazole rings is 1. The molecule has 0 aliphatic heterocycles. The number of amides is 1. The fourth-order valence-electron chi connectivity index (χ4n) is 2.66. The van der Waals surface area contributed by atoms with Gasteiger partial charge in [0.2, 0.25) is 0 Å². The van der Waals surface area contributed by atoms with Crippen molar-refractivity contribution in [3.63, 3.8) is 0 Å². The molecule has 19 heavy (non-hydrogen) atoms. The Kier molecular flexibility index (Phi) is 4.19. The number of hydrogen-bond donors (Lipinski definition) is 3. The second kappa shape index (κ2) is 5.86. The predicted molar refractivity (Wildman–Crippen MR) is 69.1 cm³/mol. The standard InChI is InChI=1S/C13H19N3O3/c1-8(9-5-3-2-4-6-9)16-12(17)10-11(13(18)19)15-7-14-10/h7-9H,2-6H2,1H3,(H,14,15)(H,16,17)(H,18,19)/t8-/m0/s1. The molecule has 1 fully saturated rings. The van der Waals surface area contributed by atoms with Gasteiger partial charge in [-0.15, -0.1) is 0 Å².